The van der Waals surface area contributed by atoms with E-state index in [2.05, 4.69) is 26.0 Å². The largest absolute Gasteiger partial charge is 0.481 e. The lowest BCUT2D eigenvalue weighted by atomic mass is 10.0. The van der Waals surface area contributed by atoms with Crippen molar-refractivity contribution in [3.05, 3.63) is 10.4 Å². The number of ether oxygens (including phenoxy) is 11. The smallest absolute Gasteiger partial charge is 0.303 e. The Hall–Kier alpha value is -3.71. The Morgan fingerprint density at radius 1 is 0.456 bits per heavy atom. The Bertz CT molecular complexity index is 1650. The summed E-state index contributed by atoms with van der Waals surface area (Å²) < 4.78 is 90.1. The highest BCUT2D eigenvalue weighted by atomic mass is 32.2. The molecule has 0 heterocycles. The molecule has 0 fully saturated rings. The molecule has 462 valence electrons. The maximum absolute atomic E-state index is 12.9. The van der Waals surface area contributed by atoms with Crippen molar-refractivity contribution in [2.24, 2.45) is 5.11 Å². The van der Waals surface area contributed by atoms with Crippen molar-refractivity contribution < 1.29 is 99.3 Å². The molecule has 0 aromatic carbocycles. The number of carbonyl (C=O) groups excluding carboxylic acids is 4. The number of azide groups is 1. The number of carbonyl (C=O) groups is 5. The number of hydrogen-bond acceptors (Lipinski definition) is 20. The number of carboxylic acid groups (broad SMARTS) is 1. The Morgan fingerprint density at radius 3 is 1.15 bits per heavy atom. The summed E-state index contributed by atoms with van der Waals surface area (Å²) >= 11 is 0. The van der Waals surface area contributed by atoms with Gasteiger partial charge in [0.15, 0.2) is 5.78 Å². The molecule has 79 heavy (non-hydrogen) atoms. The summed E-state index contributed by atoms with van der Waals surface area (Å²) in [4.78, 5) is 64.7. The minimum atomic E-state index is -3.87. The highest BCUT2D eigenvalue weighted by Gasteiger charge is 2.25. The molecule has 0 unspecified atom stereocenters. The fourth-order valence-corrected chi connectivity index (χ4v) is 7.67. The Morgan fingerprint density at radius 2 is 0.785 bits per heavy atom. The predicted octanol–water partition coefficient (Wildman–Crippen LogP) is 3.12. The summed E-state index contributed by atoms with van der Waals surface area (Å²) in [6, 6.07) is -2.27. The standard InChI is InChI=1S/C51H96N6O21S/c52-57-54-20-22-69-24-26-71-28-30-73-32-34-75-36-38-77-40-42-78-41-39-76-37-35-74-33-31-72-29-27-70-25-23-68-21-19-53-51(64)46(16-18-50(62)63)56-49(61)17-15-45(47(59)44-58)55-48(60)14-12-10-8-6-4-2-1-3-5-7-9-11-13-43-79(65,66)67/h45-46,58H,1-44H2,(H,53,64)(H,55,60)(H,56,61)(H,62,63)(H,65,66,67)/t45-,46-/m0/s1. The minimum Gasteiger partial charge on any atom is -0.481 e. The van der Waals surface area contributed by atoms with Crippen LogP contribution in [-0.4, -0.2) is 236 Å². The van der Waals surface area contributed by atoms with Crippen LogP contribution >= 0.6 is 0 Å². The molecule has 28 heteroatoms. The third-order valence-corrected chi connectivity index (χ3v) is 12.1. The fourth-order valence-electron chi connectivity index (χ4n) is 7.10. The minimum absolute atomic E-state index is 0.0852. The van der Waals surface area contributed by atoms with Gasteiger partial charge >= 0.3 is 5.97 Å². The molecule has 0 saturated carbocycles. The lowest BCUT2D eigenvalue weighted by Crippen LogP contribution is -2.48. The van der Waals surface area contributed by atoms with Gasteiger partial charge in [-0.3, -0.25) is 28.5 Å². The highest BCUT2D eigenvalue weighted by molar-refractivity contribution is 7.85. The van der Waals surface area contributed by atoms with Gasteiger partial charge in [0.25, 0.3) is 10.1 Å². The normalized spacial score (nSPS) is 12.2. The number of ketones is 1. The van der Waals surface area contributed by atoms with E-state index >= 15 is 0 Å². The molecule has 2 atom stereocenters. The van der Waals surface area contributed by atoms with E-state index in [1.165, 1.54) is 0 Å². The van der Waals surface area contributed by atoms with Crippen molar-refractivity contribution in [1.29, 1.82) is 0 Å². The van der Waals surface area contributed by atoms with Crippen molar-refractivity contribution in [3.8, 4) is 0 Å². The number of aliphatic carboxylic acids is 1. The summed E-state index contributed by atoms with van der Waals surface area (Å²) in [6.07, 6.45) is 11.5. The van der Waals surface area contributed by atoms with Crippen LogP contribution in [0.2, 0.25) is 0 Å². The van der Waals surface area contributed by atoms with Gasteiger partial charge in [0.1, 0.15) is 12.6 Å². The van der Waals surface area contributed by atoms with Crippen molar-refractivity contribution in [2.75, 3.05) is 171 Å². The van der Waals surface area contributed by atoms with Crippen LogP contribution in [-0.2, 0) is 86.2 Å². The number of rotatable bonds is 63. The van der Waals surface area contributed by atoms with Gasteiger partial charge in [0, 0.05) is 37.3 Å². The zero-order valence-electron chi connectivity index (χ0n) is 46.7. The van der Waals surface area contributed by atoms with Crippen LogP contribution in [0, 0.1) is 0 Å². The Labute approximate surface area is 467 Å². The molecule has 0 bridgehead atoms. The maximum Gasteiger partial charge on any atom is 0.303 e. The summed E-state index contributed by atoms with van der Waals surface area (Å²) in [7, 11) is -3.87. The number of nitrogens with one attached hydrogen (secondary N) is 3. The topological polar surface area (TPSA) is 367 Å². The van der Waals surface area contributed by atoms with E-state index in [0.717, 1.165) is 70.6 Å². The second-order valence-corrected chi connectivity index (χ2v) is 19.5. The number of hydrogen-bond donors (Lipinski definition) is 6. The molecule has 0 spiro atoms. The van der Waals surface area contributed by atoms with Crippen LogP contribution < -0.4 is 16.0 Å². The molecule has 6 N–H and O–H groups in total. The third-order valence-electron chi connectivity index (χ3n) is 11.3. The number of nitrogens with zero attached hydrogens (tertiary/aromatic N) is 3. The Kier molecular flexibility index (Phi) is 54.8. The van der Waals surface area contributed by atoms with E-state index in [1.54, 1.807) is 0 Å². The number of carboxylic acids is 1. The van der Waals surface area contributed by atoms with Crippen molar-refractivity contribution in [2.45, 2.75) is 128 Å². The van der Waals surface area contributed by atoms with Crippen LogP contribution in [0.1, 0.15) is 116 Å². The molecule has 0 aromatic heterocycles. The number of aliphatic hydroxyl groups excluding tert-OH is 1. The summed E-state index contributed by atoms with van der Waals surface area (Å²) in [5, 5.41) is 29.8. The molecule has 0 radical (unpaired) electrons. The molecule has 27 nitrogen and oxygen atoms in total. The summed E-state index contributed by atoms with van der Waals surface area (Å²) in [5.41, 5.74) is 8.17. The van der Waals surface area contributed by atoms with Gasteiger partial charge in [-0.05, 0) is 31.2 Å². The van der Waals surface area contributed by atoms with E-state index in [-0.39, 0.29) is 70.1 Å². The van der Waals surface area contributed by atoms with Crippen LogP contribution in [0.5, 0.6) is 0 Å². The van der Waals surface area contributed by atoms with Crippen molar-refractivity contribution >= 4 is 39.6 Å². The number of unbranched alkanes of at least 4 members (excludes halogenated alkanes) is 12. The third kappa shape index (κ3) is 57.3. The molecule has 0 aromatic rings. The van der Waals surface area contributed by atoms with Gasteiger partial charge in [-0.15, -0.1) is 0 Å². The average Bonchev–Trinajstić information content (AvgIpc) is 3.42. The first kappa shape index (κ1) is 75.3. The predicted molar refractivity (Wildman–Crippen MR) is 289 cm³/mol. The second-order valence-electron chi connectivity index (χ2n) is 17.9. The zero-order valence-corrected chi connectivity index (χ0v) is 47.5. The number of Topliss-reactive ketones (excluding diaryl/α,β-unsaturated/α-hetero) is 1. The maximum atomic E-state index is 12.9. The molecule has 3 amide bonds. The van der Waals surface area contributed by atoms with Gasteiger partial charge in [0.2, 0.25) is 17.7 Å². The van der Waals surface area contributed by atoms with Crippen molar-refractivity contribution in [1.82, 2.24) is 16.0 Å². The first-order valence-electron chi connectivity index (χ1n) is 27.9. The van der Waals surface area contributed by atoms with Crippen molar-refractivity contribution in [3.63, 3.8) is 0 Å². The van der Waals surface area contributed by atoms with Gasteiger partial charge in [-0.1, -0.05) is 75.7 Å². The second kappa shape index (κ2) is 57.5. The molecule has 0 aliphatic rings. The van der Waals surface area contributed by atoms with Crippen LogP contribution in [0.4, 0.5) is 0 Å². The van der Waals surface area contributed by atoms with Crippen LogP contribution in [0.25, 0.3) is 10.4 Å². The lowest BCUT2D eigenvalue weighted by Gasteiger charge is -2.20. The molecule has 0 aliphatic heterocycles. The Balaban J connectivity index is 3.87. The van der Waals surface area contributed by atoms with Crippen LogP contribution in [0.3, 0.4) is 0 Å². The fraction of sp³-hybridized carbons (Fsp3) is 0.902. The van der Waals surface area contributed by atoms with E-state index in [0.29, 0.717) is 145 Å². The summed E-state index contributed by atoms with van der Waals surface area (Å²) in [5.74, 6) is -3.60. The van der Waals surface area contributed by atoms with Gasteiger partial charge in [0.05, 0.1) is 157 Å². The van der Waals surface area contributed by atoms with E-state index in [1.807, 2.05) is 0 Å². The average molecular weight is 1160 g/mol. The molecule has 0 saturated heterocycles. The lowest BCUT2D eigenvalue weighted by molar-refractivity contribution is -0.138. The van der Waals surface area contributed by atoms with Gasteiger partial charge in [-0.2, -0.15) is 8.42 Å². The SMILES string of the molecule is [N-]=[N+]=NCCOCCOCCOCCOCCOCCOCCOCCOCCOCCOCCOCCNC(=O)[C@H](CCC(=O)O)NC(=O)CC[C@H](NC(=O)CCCCCCCCCCCCCCCS(=O)(=O)O)C(=O)CO. The zero-order chi connectivity index (χ0) is 58.0. The number of aliphatic hydroxyl groups is 1. The molecular weight excluding hydrogens is 1060 g/mol. The van der Waals surface area contributed by atoms with E-state index < -0.39 is 52.4 Å². The molecule has 0 rings (SSSR count). The van der Waals surface area contributed by atoms with Gasteiger partial charge in [-0.25, -0.2) is 0 Å². The van der Waals surface area contributed by atoms with Gasteiger partial charge < -0.3 is 78.3 Å². The summed E-state index contributed by atoms with van der Waals surface area (Å²) in [6.45, 7) is 8.27. The quantitative estimate of drug-likeness (QED) is 0.0167. The first-order valence-corrected chi connectivity index (χ1v) is 29.5. The number of amides is 3. The highest BCUT2D eigenvalue weighted by Crippen LogP contribution is 2.14. The first-order chi connectivity index (χ1) is 38.4. The van der Waals surface area contributed by atoms with E-state index in [9.17, 15) is 42.6 Å². The molecule has 0 aliphatic carbocycles. The van der Waals surface area contributed by atoms with E-state index in [4.69, 9.17) is 62.2 Å². The van der Waals surface area contributed by atoms with Crippen LogP contribution in [0.15, 0.2) is 5.11 Å². The molecular formula is C51H96N6O21S. The monoisotopic (exact) mass is 1160 g/mol.